The highest BCUT2D eigenvalue weighted by atomic mass is 19.4. The van der Waals surface area contributed by atoms with E-state index in [2.05, 4.69) is 47.6 Å². The molecular formula is C16H24F3N3O2. The number of rotatable bonds is 8. The molecule has 1 N–H and O–H groups in total. The number of hydrogen-bond acceptors (Lipinski definition) is 4. The van der Waals surface area contributed by atoms with Gasteiger partial charge in [-0.05, 0) is 33.8 Å². The molecule has 0 spiro atoms. The number of carbonyl (C=O) groups is 1. The van der Waals surface area contributed by atoms with E-state index < -0.39 is 12.8 Å². The molecule has 1 heterocycles. The van der Waals surface area contributed by atoms with Crippen LogP contribution < -0.4 is 10.1 Å². The Balaban J connectivity index is 2.48. The van der Waals surface area contributed by atoms with Crippen molar-refractivity contribution in [2.45, 2.75) is 46.0 Å². The minimum Gasteiger partial charge on any atom is -0.468 e. The van der Waals surface area contributed by atoms with Gasteiger partial charge in [-0.3, -0.25) is 9.69 Å². The second-order valence-corrected chi connectivity index (χ2v) is 5.97. The summed E-state index contributed by atoms with van der Waals surface area (Å²) in [5.41, 5.74) is 0.273. The van der Waals surface area contributed by atoms with E-state index >= 15 is 0 Å². The zero-order chi connectivity index (χ0) is 18.3. The van der Waals surface area contributed by atoms with Gasteiger partial charge in [0.1, 0.15) is 0 Å². The summed E-state index contributed by atoms with van der Waals surface area (Å²) >= 11 is 0. The van der Waals surface area contributed by atoms with E-state index in [4.69, 9.17) is 0 Å². The number of carbonyl (C=O) groups excluding carboxylic acids is 1. The lowest BCUT2D eigenvalue weighted by molar-refractivity contribution is -0.154. The first-order valence-electron chi connectivity index (χ1n) is 7.79. The summed E-state index contributed by atoms with van der Waals surface area (Å²) in [5.74, 6) is -0.494. The molecule has 0 atom stereocenters. The predicted molar refractivity (Wildman–Crippen MR) is 85.1 cm³/mol. The molecule has 0 saturated heterocycles. The molecule has 0 fully saturated rings. The summed E-state index contributed by atoms with van der Waals surface area (Å²) in [5, 5.41) is 2.77. The molecule has 1 aromatic rings. The molecule has 0 saturated carbocycles. The smallest absolute Gasteiger partial charge is 0.422 e. The number of halogens is 3. The van der Waals surface area contributed by atoms with Crippen LogP contribution in [0.2, 0.25) is 0 Å². The van der Waals surface area contributed by atoms with E-state index in [9.17, 15) is 18.0 Å². The number of amides is 1. The third kappa shape index (κ3) is 7.16. The SMILES string of the molecule is CC(C)N(CCNC(=O)c1ccc(OCC(F)(F)F)nc1)C(C)C. The summed E-state index contributed by atoms with van der Waals surface area (Å²) in [6.07, 6.45) is -3.22. The Morgan fingerprint density at radius 2 is 1.88 bits per heavy atom. The topological polar surface area (TPSA) is 54.5 Å². The van der Waals surface area contributed by atoms with Gasteiger partial charge in [-0.25, -0.2) is 4.98 Å². The molecule has 0 aliphatic carbocycles. The fourth-order valence-corrected chi connectivity index (χ4v) is 2.27. The molecule has 1 amide bonds. The largest absolute Gasteiger partial charge is 0.468 e. The predicted octanol–water partition coefficient (Wildman–Crippen LogP) is 2.87. The lowest BCUT2D eigenvalue weighted by atomic mass is 10.2. The van der Waals surface area contributed by atoms with E-state index in [1.165, 1.54) is 18.3 Å². The monoisotopic (exact) mass is 347 g/mol. The molecule has 0 bridgehead atoms. The quantitative estimate of drug-likeness (QED) is 0.786. The lowest BCUT2D eigenvalue weighted by Crippen LogP contribution is -2.42. The highest BCUT2D eigenvalue weighted by Crippen LogP contribution is 2.17. The van der Waals surface area contributed by atoms with Gasteiger partial charge in [0.25, 0.3) is 5.91 Å². The van der Waals surface area contributed by atoms with E-state index in [1.54, 1.807) is 0 Å². The minimum atomic E-state index is -4.42. The van der Waals surface area contributed by atoms with E-state index in [-0.39, 0.29) is 17.4 Å². The van der Waals surface area contributed by atoms with Crippen molar-refractivity contribution in [2.24, 2.45) is 0 Å². The average molecular weight is 347 g/mol. The normalized spacial score (nSPS) is 12.1. The van der Waals surface area contributed by atoms with Crippen molar-refractivity contribution in [3.8, 4) is 5.88 Å². The maximum Gasteiger partial charge on any atom is 0.422 e. The van der Waals surface area contributed by atoms with Crippen LogP contribution in [0.4, 0.5) is 13.2 Å². The van der Waals surface area contributed by atoms with Gasteiger partial charge in [0.15, 0.2) is 6.61 Å². The van der Waals surface area contributed by atoms with Crippen molar-refractivity contribution in [1.29, 1.82) is 0 Å². The van der Waals surface area contributed by atoms with Gasteiger partial charge in [-0.15, -0.1) is 0 Å². The Morgan fingerprint density at radius 1 is 1.25 bits per heavy atom. The van der Waals surface area contributed by atoms with Crippen LogP contribution in [0.1, 0.15) is 38.1 Å². The first-order valence-corrected chi connectivity index (χ1v) is 7.79. The van der Waals surface area contributed by atoms with Crippen LogP contribution in [0.15, 0.2) is 18.3 Å². The fourth-order valence-electron chi connectivity index (χ4n) is 2.27. The van der Waals surface area contributed by atoms with Gasteiger partial charge in [-0.2, -0.15) is 13.2 Å². The van der Waals surface area contributed by atoms with Gasteiger partial charge in [0.2, 0.25) is 5.88 Å². The van der Waals surface area contributed by atoms with E-state index in [0.29, 0.717) is 25.2 Å². The second-order valence-electron chi connectivity index (χ2n) is 5.97. The number of nitrogens with zero attached hydrogens (tertiary/aromatic N) is 2. The van der Waals surface area contributed by atoms with Crippen LogP contribution in [0.3, 0.4) is 0 Å². The Kier molecular flexibility index (Phi) is 7.47. The third-order valence-corrected chi connectivity index (χ3v) is 3.36. The number of aromatic nitrogens is 1. The highest BCUT2D eigenvalue weighted by Gasteiger charge is 2.28. The molecule has 0 aliphatic heterocycles. The van der Waals surface area contributed by atoms with Crippen molar-refractivity contribution in [3.05, 3.63) is 23.9 Å². The second kappa shape index (κ2) is 8.86. The van der Waals surface area contributed by atoms with E-state index in [1.807, 2.05) is 0 Å². The van der Waals surface area contributed by atoms with Crippen LogP contribution in [-0.2, 0) is 0 Å². The zero-order valence-corrected chi connectivity index (χ0v) is 14.4. The molecule has 0 aliphatic rings. The first kappa shape index (κ1) is 20.2. The highest BCUT2D eigenvalue weighted by molar-refractivity contribution is 5.93. The molecule has 1 rings (SSSR count). The number of pyridine rings is 1. The maximum absolute atomic E-state index is 12.0. The summed E-state index contributed by atoms with van der Waals surface area (Å²) in [4.78, 5) is 18.0. The Morgan fingerprint density at radius 3 is 2.33 bits per heavy atom. The van der Waals surface area contributed by atoms with Crippen molar-refractivity contribution in [2.75, 3.05) is 19.7 Å². The summed E-state index contributed by atoms with van der Waals surface area (Å²) in [7, 11) is 0. The molecule has 5 nitrogen and oxygen atoms in total. The minimum absolute atomic E-state index is 0.172. The first-order chi connectivity index (χ1) is 11.1. The number of hydrogen-bond donors (Lipinski definition) is 1. The third-order valence-electron chi connectivity index (χ3n) is 3.36. The standard InChI is InChI=1S/C16H24F3N3O2/c1-11(2)22(12(3)4)8-7-20-15(23)13-5-6-14(21-9-13)24-10-16(17,18)19/h5-6,9,11-12H,7-8,10H2,1-4H3,(H,20,23). The molecule has 24 heavy (non-hydrogen) atoms. The van der Waals surface area contributed by atoms with Crippen LogP contribution in [0.25, 0.3) is 0 Å². The van der Waals surface area contributed by atoms with E-state index in [0.717, 1.165) is 0 Å². The molecule has 0 aromatic carbocycles. The van der Waals surface area contributed by atoms with Crippen LogP contribution in [-0.4, -0.2) is 53.7 Å². The van der Waals surface area contributed by atoms with Crippen molar-refractivity contribution in [3.63, 3.8) is 0 Å². The van der Waals surface area contributed by atoms with Gasteiger partial charge >= 0.3 is 6.18 Å². The number of ether oxygens (including phenoxy) is 1. The molecule has 1 aromatic heterocycles. The number of alkyl halides is 3. The van der Waals surface area contributed by atoms with Crippen molar-refractivity contribution >= 4 is 5.91 Å². The lowest BCUT2D eigenvalue weighted by Gasteiger charge is -2.30. The van der Waals surface area contributed by atoms with Crippen molar-refractivity contribution in [1.82, 2.24) is 15.2 Å². The Hall–Kier alpha value is -1.83. The van der Waals surface area contributed by atoms with Crippen LogP contribution in [0.5, 0.6) is 5.88 Å². The van der Waals surface area contributed by atoms with Gasteiger partial charge < -0.3 is 10.1 Å². The van der Waals surface area contributed by atoms with Crippen LogP contribution >= 0.6 is 0 Å². The molecule has 136 valence electrons. The van der Waals surface area contributed by atoms with Gasteiger partial charge in [0, 0.05) is 37.4 Å². The van der Waals surface area contributed by atoms with Crippen LogP contribution in [0, 0.1) is 0 Å². The molecule has 0 unspecified atom stereocenters. The Labute approximate surface area is 140 Å². The fraction of sp³-hybridized carbons (Fsp3) is 0.625. The molecule has 8 heteroatoms. The zero-order valence-electron chi connectivity index (χ0n) is 14.4. The summed E-state index contributed by atoms with van der Waals surface area (Å²) < 4.78 is 40.6. The average Bonchev–Trinajstić information content (AvgIpc) is 2.48. The maximum atomic E-state index is 12.0. The molecule has 0 radical (unpaired) electrons. The number of nitrogens with one attached hydrogen (secondary N) is 1. The van der Waals surface area contributed by atoms with Gasteiger partial charge in [-0.1, -0.05) is 0 Å². The Bertz CT molecular complexity index is 508. The van der Waals surface area contributed by atoms with Gasteiger partial charge in [0.05, 0.1) is 5.56 Å². The summed E-state index contributed by atoms with van der Waals surface area (Å²) in [6.45, 7) is 8.13. The van der Waals surface area contributed by atoms with Crippen molar-refractivity contribution < 1.29 is 22.7 Å². The summed E-state index contributed by atoms with van der Waals surface area (Å²) in [6, 6.07) is 3.37. The molecular weight excluding hydrogens is 323 g/mol.